The molecule has 1 atom stereocenters. The van der Waals surface area contributed by atoms with Gasteiger partial charge < -0.3 is 19.9 Å². The van der Waals surface area contributed by atoms with Crippen LogP contribution in [-0.4, -0.2) is 58.3 Å². The highest BCUT2D eigenvalue weighted by molar-refractivity contribution is 5.96. The van der Waals surface area contributed by atoms with E-state index in [1.807, 2.05) is 6.92 Å². The van der Waals surface area contributed by atoms with Gasteiger partial charge in [-0.15, -0.1) is 0 Å². The maximum absolute atomic E-state index is 13.5. The van der Waals surface area contributed by atoms with Gasteiger partial charge in [0.1, 0.15) is 44.3 Å². The molecule has 0 aliphatic carbocycles. The number of urea groups is 1. The van der Waals surface area contributed by atoms with Crippen molar-refractivity contribution >= 4 is 11.9 Å². The monoisotopic (exact) mass is 354 g/mol. The first kappa shape index (κ1) is 19.1. The van der Waals surface area contributed by atoms with E-state index in [-0.39, 0.29) is 17.8 Å². The Morgan fingerprint density at radius 1 is 1.28 bits per heavy atom. The quantitative estimate of drug-likeness (QED) is 0.492. The van der Waals surface area contributed by atoms with Crippen LogP contribution >= 0.6 is 0 Å². The van der Waals surface area contributed by atoms with E-state index in [4.69, 9.17) is 4.74 Å². The van der Waals surface area contributed by atoms with Crippen LogP contribution in [0.4, 0.5) is 9.18 Å². The molecule has 25 heavy (non-hydrogen) atoms. The van der Waals surface area contributed by atoms with Gasteiger partial charge in [0.2, 0.25) is 0 Å². The number of piperazine rings is 1. The Bertz CT molecular complexity index is 618. The summed E-state index contributed by atoms with van der Waals surface area (Å²) in [5.41, 5.74) is 0.853. The summed E-state index contributed by atoms with van der Waals surface area (Å²) < 4.78 is 18.8. The van der Waals surface area contributed by atoms with Crippen LogP contribution in [0.15, 0.2) is 18.2 Å². The van der Waals surface area contributed by atoms with Crippen molar-refractivity contribution < 1.29 is 28.5 Å². The lowest BCUT2D eigenvalue weighted by molar-refractivity contribution is -1.02. The summed E-state index contributed by atoms with van der Waals surface area (Å²) in [6.45, 7) is 5.88. The number of methoxy groups -OCH3 is 1. The number of halogens is 1. The summed E-state index contributed by atoms with van der Waals surface area (Å²) in [5.74, 6) is 0.158. The van der Waals surface area contributed by atoms with Crippen molar-refractivity contribution in [3.05, 3.63) is 29.6 Å². The van der Waals surface area contributed by atoms with E-state index in [0.717, 1.165) is 36.6 Å². The molecule has 4 N–H and O–H groups in total. The molecule has 138 valence electrons. The summed E-state index contributed by atoms with van der Waals surface area (Å²) in [6, 6.07) is 3.79. The van der Waals surface area contributed by atoms with Crippen LogP contribution in [0.3, 0.4) is 0 Å². The molecule has 0 bridgehead atoms. The van der Waals surface area contributed by atoms with Gasteiger partial charge in [-0.05, 0) is 25.1 Å². The van der Waals surface area contributed by atoms with Gasteiger partial charge in [-0.3, -0.25) is 10.1 Å². The third kappa shape index (κ3) is 5.14. The van der Waals surface area contributed by atoms with Crippen molar-refractivity contribution in [2.45, 2.75) is 19.5 Å². The molecular formula is C17H27FN4O3+2. The maximum Gasteiger partial charge on any atom is 0.321 e. The Labute approximate surface area is 147 Å². The molecule has 1 aliphatic rings. The van der Waals surface area contributed by atoms with Crippen molar-refractivity contribution in [1.29, 1.82) is 0 Å². The highest BCUT2D eigenvalue weighted by Crippen LogP contribution is 2.18. The highest BCUT2D eigenvalue weighted by Gasteiger charge is 2.32. The van der Waals surface area contributed by atoms with Gasteiger partial charge >= 0.3 is 6.03 Å². The van der Waals surface area contributed by atoms with E-state index in [1.165, 1.54) is 24.1 Å². The van der Waals surface area contributed by atoms with E-state index < -0.39 is 6.03 Å². The number of rotatable bonds is 5. The van der Waals surface area contributed by atoms with Crippen LogP contribution in [0.1, 0.15) is 12.5 Å². The lowest BCUT2D eigenvalue weighted by atomic mass is 10.1. The minimum Gasteiger partial charge on any atom is -0.496 e. The molecule has 1 saturated heterocycles. The molecule has 0 saturated carbocycles. The van der Waals surface area contributed by atoms with Crippen molar-refractivity contribution in [2.75, 3.05) is 40.3 Å². The molecule has 0 unspecified atom stereocenters. The smallest absolute Gasteiger partial charge is 0.321 e. The van der Waals surface area contributed by atoms with Gasteiger partial charge in [-0.2, -0.15) is 0 Å². The molecule has 0 spiro atoms. The second-order valence-electron chi connectivity index (χ2n) is 6.33. The molecule has 0 aromatic heterocycles. The van der Waals surface area contributed by atoms with Crippen molar-refractivity contribution in [3.63, 3.8) is 0 Å². The second kappa shape index (κ2) is 8.77. The highest BCUT2D eigenvalue weighted by atomic mass is 19.1. The molecule has 1 fully saturated rings. The average Bonchev–Trinajstić information content (AvgIpc) is 2.61. The molecule has 1 aliphatic heterocycles. The van der Waals surface area contributed by atoms with Gasteiger partial charge in [-0.1, -0.05) is 0 Å². The number of amides is 3. The van der Waals surface area contributed by atoms with E-state index in [1.54, 1.807) is 13.2 Å². The number of imide groups is 1. The zero-order chi connectivity index (χ0) is 18.4. The lowest BCUT2D eigenvalue weighted by Crippen LogP contribution is -3.29. The standard InChI is InChI=1S/C17H25FN4O3/c1-12(16(23)20-17(24)19-2)22-8-6-21(7-9-22)11-13-10-14(18)4-5-15(13)25-3/h4-5,10,12H,6-9,11H2,1-3H3,(H2,19,20,23,24)/p+2/t12-/m0/s1. The number of carbonyl (C=O) groups excluding carboxylic acids is 2. The molecule has 0 radical (unpaired) electrons. The molecule has 3 amide bonds. The van der Waals surface area contributed by atoms with Crippen LogP contribution in [-0.2, 0) is 11.3 Å². The maximum atomic E-state index is 13.5. The predicted octanol–water partition coefficient (Wildman–Crippen LogP) is -2.04. The normalized spacial score (nSPS) is 21.3. The van der Waals surface area contributed by atoms with E-state index in [2.05, 4.69) is 10.6 Å². The summed E-state index contributed by atoms with van der Waals surface area (Å²) in [6.07, 6.45) is 0. The number of hydrogen-bond acceptors (Lipinski definition) is 3. The van der Waals surface area contributed by atoms with Gasteiger partial charge in [0, 0.05) is 7.05 Å². The van der Waals surface area contributed by atoms with Gasteiger partial charge in [-0.25, -0.2) is 9.18 Å². The van der Waals surface area contributed by atoms with Crippen LogP contribution in [0.25, 0.3) is 0 Å². The third-order valence-electron chi connectivity index (χ3n) is 4.75. The Kier molecular flexibility index (Phi) is 6.72. The van der Waals surface area contributed by atoms with Crippen LogP contribution < -0.4 is 25.2 Å². The zero-order valence-corrected chi connectivity index (χ0v) is 14.9. The Morgan fingerprint density at radius 2 is 1.96 bits per heavy atom. The summed E-state index contributed by atoms with van der Waals surface area (Å²) in [4.78, 5) is 25.8. The number of ether oxygens (including phenoxy) is 1. The molecule has 7 nitrogen and oxygen atoms in total. The van der Waals surface area contributed by atoms with Crippen LogP contribution in [0.2, 0.25) is 0 Å². The first-order valence-electron chi connectivity index (χ1n) is 8.47. The van der Waals surface area contributed by atoms with E-state index >= 15 is 0 Å². The number of hydrogen-bond donors (Lipinski definition) is 4. The first-order valence-corrected chi connectivity index (χ1v) is 8.47. The Morgan fingerprint density at radius 3 is 2.56 bits per heavy atom. The lowest BCUT2D eigenvalue weighted by Gasteiger charge is -2.32. The van der Waals surface area contributed by atoms with Crippen molar-refractivity contribution in [1.82, 2.24) is 10.6 Å². The summed E-state index contributed by atoms with van der Waals surface area (Å²) >= 11 is 0. The largest absolute Gasteiger partial charge is 0.496 e. The predicted molar refractivity (Wildman–Crippen MR) is 90.1 cm³/mol. The fraction of sp³-hybridized carbons (Fsp3) is 0.529. The number of benzene rings is 1. The van der Waals surface area contributed by atoms with Gasteiger partial charge in [0.05, 0.1) is 12.7 Å². The summed E-state index contributed by atoms with van der Waals surface area (Å²) in [5, 5.41) is 4.70. The SMILES string of the molecule is CNC(=O)NC(=O)[C@H](C)[NH+]1CC[NH+](Cc2cc(F)ccc2OC)CC1. The van der Waals surface area contributed by atoms with Crippen molar-refractivity contribution in [2.24, 2.45) is 0 Å². The van der Waals surface area contributed by atoms with Gasteiger partial charge in [0.25, 0.3) is 5.91 Å². The Hall–Kier alpha value is -2.19. The average molecular weight is 354 g/mol. The third-order valence-corrected chi connectivity index (χ3v) is 4.75. The summed E-state index contributed by atoms with van der Waals surface area (Å²) in [7, 11) is 3.06. The minimum absolute atomic E-state index is 0.265. The van der Waals surface area contributed by atoms with Crippen LogP contribution in [0, 0.1) is 5.82 Å². The fourth-order valence-corrected chi connectivity index (χ4v) is 3.16. The first-order chi connectivity index (χ1) is 11.9. The van der Waals surface area contributed by atoms with Gasteiger partial charge in [0.15, 0.2) is 6.04 Å². The fourth-order valence-electron chi connectivity index (χ4n) is 3.16. The number of nitrogens with one attached hydrogen (secondary N) is 4. The minimum atomic E-state index is -0.487. The molecule has 1 aromatic rings. The van der Waals surface area contributed by atoms with Crippen LogP contribution in [0.5, 0.6) is 5.75 Å². The zero-order valence-electron chi connectivity index (χ0n) is 14.9. The Balaban J connectivity index is 1.88. The molecule has 2 rings (SSSR count). The molecule has 1 heterocycles. The number of quaternary nitrogens is 2. The van der Waals surface area contributed by atoms with E-state index in [0.29, 0.717) is 12.3 Å². The topological polar surface area (TPSA) is 76.3 Å². The molecular weight excluding hydrogens is 327 g/mol. The number of carbonyl (C=O) groups is 2. The second-order valence-corrected chi connectivity index (χ2v) is 6.33. The molecule has 8 heteroatoms. The molecule has 1 aromatic carbocycles. The van der Waals surface area contributed by atoms with E-state index in [9.17, 15) is 14.0 Å². The van der Waals surface area contributed by atoms with Crippen molar-refractivity contribution in [3.8, 4) is 5.75 Å².